The second-order valence-electron chi connectivity index (χ2n) is 5.09. The third-order valence-corrected chi connectivity index (χ3v) is 3.55. The molecule has 2 aromatic rings. The molecule has 7 heteroatoms. The summed E-state index contributed by atoms with van der Waals surface area (Å²) in [6, 6.07) is 7.75. The normalized spacial score (nSPS) is 16.3. The number of halogens is 4. The summed E-state index contributed by atoms with van der Waals surface area (Å²) < 4.78 is 44.7. The minimum absolute atomic E-state index is 0. The van der Waals surface area contributed by atoms with Crippen LogP contribution < -0.4 is 10.1 Å². The molecule has 3 nitrogen and oxygen atoms in total. The van der Waals surface area contributed by atoms with E-state index in [-0.39, 0.29) is 24.3 Å². The molecule has 1 fully saturated rings. The fourth-order valence-corrected chi connectivity index (χ4v) is 2.48. The molecule has 0 spiro atoms. The van der Waals surface area contributed by atoms with Gasteiger partial charge in [0.15, 0.2) is 0 Å². The molecule has 1 aliphatic rings. The molecule has 0 aliphatic carbocycles. The third-order valence-electron chi connectivity index (χ3n) is 3.55. The quantitative estimate of drug-likeness (QED) is 0.908. The number of hydrogen-bond donors (Lipinski definition) is 1. The van der Waals surface area contributed by atoms with Crippen molar-refractivity contribution >= 4 is 23.3 Å². The van der Waals surface area contributed by atoms with E-state index in [1.165, 1.54) is 0 Å². The van der Waals surface area contributed by atoms with Gasteiger partial charge in [-0.15, -0.1) is 12.4 Å². The Kier molecular flexibility index (Phi) is 5.13. The van der Waals surface area contributed by atoms with Gasteiger partial charge in [-0.2, -0.15) is 13.2 Å². The summed E-state index contributed by atoms with van der Waals surface area (Å²) in [6.07, 6.45) is -2.95. The Bertz CT molecular complexity index is 642. The van der Waals surface area contributed by atoms with Crippen molar-refractivity contribution in [1.82, 2.24) is 10.3 Å². The Morgan fingerprint density at radius 1 is 1.14 bits per heavy atom. The van der Waals surface area contributed by atoms with Crippen LogP contribution in [0.4, 0.5) is 13.2 Å². The number of ether oxygens (including phenoxy) is 1. The highest BCUT2D eigenvalue weighted by Crippen LogP contribution is 2.34. The van der Waals surface area contributed by atoms with Gasteiger partial charge in [0.1, 0.15) is 17.5 Å². The molecule has 1 aliphatic heterocycles. The molecule has 0 radical (unpaired) electrons. The van der Waals surface area contributed by atoms with E-state index >= 15 is 0 Å². The average molecular weight is 333 g/mol. The molecule has 0 bridgehead atoms. The molecule has 0 saturated carbocycles. The number of aromatic nitrogens is 1. The van der Waals surface area contributed by atoms with Gasteiger partial charge < -0.3 is 10.1 Å². The highest BCUT2D eigenvalue weighted by Gasteiger charge is 2.34. The molecule has 3 rings (SSSR count). The summed E-state index contributed by atoms with van der Waals surface area (Å²) in [6.45, 7) is 1.64. The van der Waals surface area contributed by atoms with Crippen molar-refractivity contribution in [1.29, 1.82) is 0 Å². The molecule has 22 heavy (non-hydrogen) atoms. The Morgan fingerprint density at radius 3 is 2.50 bits per heavy atom. The molecule has 1 aromatic carbocycles. The Morgan fingerprint density at radius 2 is 1.82 bits per heavy atom. The van der Waals surface area contributed by atoms with Crippen LogP contribution in [0.1, 0.15) is 18.5 Å². The van der Waals surface area contributed by atoms with E-state index in [0.29, 0.717) is 10.9 Å². The topological polar surface area (TPSA) is 34.1 Å². The van der Waals surface area contributed by atoms with Crippen molar-refractivity contribution in [2.75, 3.05) is 13.1 Å². The number of pyridine rings is 1. The van der Waals surface area contributed by atoms with Gasteiger partial charge in [-0.1, -0.05) is 12.1 Å². The van der Waals surface area contributed by atoms with E-state index in [4.69, 9.17) is 4.74 Å². The number of para-hydroxylation sites is 1. The van der Waals surface area contributed by atoms with Crippen LogP contribution in [0, 0.1) is 0 Å². The highest BCUT2D eigenvalue weighted by atomic mass is 35.5. The van der Waals surface area contributed by atoms with Gasteiger partial charge in [-0.3, -0.25) is 0 Å². The maximum Gasteiger partial charge on any atom is 0.433 e. The molecule has 0 atom stereocenters. The maximum absolute atomic E-state index is 12.9. The Labute approximate surface area is 132 Å². The largest absolute Gasteiger partial charge is 0.490 e. The molecule has 2 heterocycles. The molecular formula is C15H16ClF3N2O. The molecule has 120 valence electrons. The second-order valence-corrected chi connectivity index (χ2v) is 5.09. The third kappa shape index (κ3) is 3.62. The summed E-state index contributed by atoms with van der Waals surface area (Å²) in [5.41, 5.74) is -0.610. The Balaban J connectivity index is 0.00000176. The molecule has 0 amide bonds. The van der Waals surface area contributed by atoms with Crippen LogP contribution in [0.25, 0.3) is 10.9 Å². The monoisotopic (exact) mass is 332 g/mol. The van der Waals surface area contributed by atoms with Crippen molar-refractivity contribution in [2.24, 2.45) is 0 Å². The van der Waals surface area contributed by atoms with Crippen LogP contribution in [-0.4, -0.2) is 24.2 Å². The summed E-state index contributed by atoms with van der Waals surface area (Å²) in [5.74, 6) is 0.264. The Hall–Kier alpha value is -1.53. The van der Waals surface area contributed by atoms with Gasteiger partial charge in [0.2, 0.25) is 0 Å². The number of alkyl halides is 3. The van der Waals surface area contributed by atoms with Crippen molar-refractivity contribution in [3.05, 3.63) is 36.0 Å². The number of benzene rings is 1. The van der Waals surface area contributed by atoms with Crippen molar-refractivity contribution < 1.29 is 17.9 Å². The first-order chi connectivity index (χ1) is 10.0. The van der Waals surface area contributed by atoms with Crippen LogP contribution >= 0.6 is 12.4 Å². The van der Waals surface area contributed by atoms with Gasteiger partial charge in [0, 0.05) is 11.5 Å². The average Bonchev–Trinajstić information content (AvgIpc) is 2.47. The highest BCUT2D eigenvalue weighted by molar-refractivity contribution is 5.85. The number of piperidine rings is 1. The number of rotatable bonds is 2. The fourth-order valence-electron chi connectivity index (χ4n) is 2.48. The molecule has 1 aromatic heterocycles. The smallest absolute Gasteiger partial charge is 0.433 e. The van der Waals surface area contributed by atoms with Gasteiger partial charge in [0.05, 0.1) is 5.52 Å². The lowest BCUT2D eigenvalue weighted by atomic mass is 10.1. The van der Waals surface area contributed by atoms with Crippen LogP contribution in [0.5, 0.6) is 5.75 Å². The maximum atomic E-state index is 12.9. The van der Waals surface area contributed by atoms with Crippen LogP contribution in [0.3, 0.4) is 0 Å². The van der Waals surface area contributed by atoms with Crippen molar-refractivity contribution in [3.8, 4) is 5.75 Å². The zero-order valence-electron chi connectivity index (χ0n) is 11.7. The van der Waals surface area contributed by atoms with E-state index in [0.717, 1.165) is 32.0 Å². The van der Waals surface area contributed by atoms with E-state index < -0.39 is 11.9 Å². The van der Waals surface area contributed by atoms with Crippen molar-refractivity contribution in [3.63, 3.8) is 0 Å². The number of nitrogens with zero attached hydrogens (tertiary/aromatic N) is 1. The minimum atomic E-state index is -4.48. The molecule has 1 N–H and O–H groups in total. The number of hydrogen-bond acceptors (Lipinski definition) is 3. The SMILES string of the molecule is Cl.FC(F)(F)c1cc(OC2CCNCC2)c2ccccc2n1. The predicted octanol–water partition coefficient (Wildman–Crippen LogP) is 3.81. The summed E-state index contributed by atoms with van der Waals surface area (Å²) in [7, 11) is 0. The lowest BCUT2D eigenvalue weighted by Crippen LogP contribution is -2.34. The van der Waals surface area contributed by atoms with Gasteiger partial charge in [-0.25, -0.2) is 4.98 Å². The molecule has 0 unspecified atom stereocenters. The van der Waals surface area contributed by atoms with Crippen LogP contribution in [0.2, 0.25) is 0 Å². The van der Waals surface area contributed by atoms with Crippen LogP contribution in [-0.2, 0) is 6.18 Å². The van der Waals surface area contributed by atoms with Gasteiger partial charge >= 0.3 is 6.18 Å². The summed E-state index contributed by atoms with van der Waals surface area (Å²) in [4.78, 5) is 3.68. The zero-order chi connectivity index (χ0) is 14.9. The van der Waals surface area contributed by atoms with Gasteiger partial charge in [0.25, 0.3) is 0 Å². The van der Waals surface area contributed by atoms with E-state index in [1.807, 2.05) is 0 Å². The standard InChI is InChI=1S/C15H15F3N2O.ClH/c16-15(17,18)14-9-13(21-10-5-7-19-8-6-10)11-3-1-2-4-12(11)20-14;/h1-4,9-10,19H,5-8H2;1H. The summed E-state index contributed by atoms with van der Waals surface area (Å²) in [5, 5.41) is 3.82. The van der Waals surface area contributed by atoms with E-state index in [2.05, 4.69) is 10.3 Å². The summed E-state index contributed by atoms with van der Waals surface area (Å²) >= 11 is 0. The van der Waals surface area contributed by atoms with Gasteiger partial charge in [-0.05, 0) is 38.1 Å². The first kappa shape index (κ1) is 16.8. The van der Waals surface area contributed by atoms with E-state index in [1.54, 1.807) is 24.3 Å². The second kappa shape index (κ2) is 6.71. The van der Waals surface area contributed by atoms with Crippen LogP contribution in [0.15, 0.2) is 30.3 Å². The molecule has 1 saturated heterocycles. The predicted molar refractivity (Wildman–Crippen MR) is 80.5 cm³/mol. The number of nitrogens with one attached hydrogen (secondary N) is 1. The molecular weight excluding hydrogens is 317 g/mol. The zero-order valence-corrected chi connectivity index (χ0v) is 12.5. The first-order valence-corrected chi connectivity index (χ1v) is 6.88. The van der Waals surface area contributed by atoms with E-state index in [9.17, 15) is 13.2 Å². The lowest BCUT2D eigenvalue weighted by molar-refractivity contribution is -0.141. The number of fused-ring (bicyclic) bond motifs is 1. The lowest BCUT2D eigenvalue weighted by Gasteiger charge is -2.24. The minimum Gasteiger partial charge on any atom is -0.490 e. The fraction of sp³-hybridized carbons (Fsp3) is 0.400. The first-order valence-electron chi connectivity index (χ1n) is 6.88. The van der Waals surface area contributed by atoms with Crippen molar-refractivity contribution in [2.45, 2.75) is 25.1 Å².